The van der Waals surface area contributed by atoms with Gasteiger partial charge in [0.25, 0.3) is 0 Å². The molecule has 2 N–H and O–H groups in total. The topological polar surface area (TPSA) is 92.2 Å². The smallest absolute Gasteiger partial charge is 0.307 e. The Morgan fingerprint density at radius 3 is 2.44 bits per heavy atom. The van der Waals surface area contributed by atoms with Gasteiger partial charge in [0.1, 0.15) is 0 Å². The number of carboxylic acids is 1. The van der Waals surface area contributed by atoms with Crippen molar-refractivity contribution < 1.29 is 14.7 Å². The molecule has 0 aliphatic heterocycles. The lowest BCUT2D eigenvalue weighted by Crippen LogP contribution is -2.18. The fourth-order valence-electron chi connectivity index (χ4n) is 2.17. The van der Waals surface area contributed by atoms with Gasteiger partial charge in [0.15, 0.2) is 11.0 Å². The van der Waals surface area contributed by atoms with Gasteiger partial charge >= 0.3 is 5.97 Å². The van der Waals surface area contributed by atoms with Crippen molar-refractivity contribution in [2.45, 2.75) is 13.8 Å². The Bertz CT molecular complexity index is 501. The molecule has 96 valence electrons. The maximum atomic E-state index is 11.9. The molecule has 0 radical (unpaired) electrons. The summed E-state index contributed by atoms with van der Waals surface area (Å²) in [5.74, 6) is -2.26. The monoisotopic (exact) mass is 269 g/mol. The van der Waals surface area contributed by atoms with E-state index in [-0.39, 0.29) is 16.9 Å². The maximum absolute atomic E-state index is 11.9. The van der Waals surface area contributed by atoms with Crippen LogP contribution in [0.1, 0.15) is 13.8 Å². The highest BCUT2D eigenvalue weighted by molar-refractivity contribution is 6.29. The van der Waals surface area contributed by atoms with Crippen molar-refractivity contribution in [1.29, 1.82) is 0 Å². The molecule has 0 aromatic carbocycles. The SMILES string of the molecule is CC1(C)[C@H](C(=O)O)[C@@H]1C(=O)Nc1ccc(Cl)nn1. The fraction of sp³-hybridized carbons (Fsp3) is 0.455. The van der Waals surface area contributed by atoms with Crippen LogP contribution in [0.3, 0.4) is 0 Å². The molecule has 1 saturated carbocycles. The third-order valence-corrected chi connectivity index (χ3v) is 3.46. The van der Waals surface area contributed by atoms with E-state index in [2.05, 4.69) is 15.5 Å². The number of carboxylic acid groups (broad SMARTS) is 1. The number of rotatable bonds is 3. The zero-order chi connectivity index (χ0) is 13.5. The summed E-state index contributed by atoms with van der Waals surface area (Å²) in [5, 5.41) is 19.0. The summed E-state index contributed by atoms with van der Waals surface area (Å²) in [6.45, 7) is 3.51. The third-order valence-electron chi connectivity index (χ3n) is 3.26. The lowest BCUT2D eigenvalue weighted by molar-refractivity contribution is -0.140. The van der Waals surface area contributed by atoms with Crippen LogP contribution in [0.5, 0.6) is 0 Å². The standard InChI is InChI=1S/C11H12ClN3O3/c1-11(2)7(8(11)10(17)18)9(16)13-6-4-3-5(12)14-15-6/h3-4,7-8H,1-2H3,(H,17,18)(H,13,15,16)/t7-,8+/m1/s1. The number of amides is 1. The second-order valence-corrected chi connectivity index (χ2v) is 5.23. The van der Waals surface area contributed by atoms with Crippen LogP contribution in [0.2, 0.25) is 5.15 Å². The summed E-state index contributed by atoms with van der Waals surface area (Å²) in [4.78, 5) is 22.9. The second-order valence-electron chi connectivity index (χ2n) is 4.85. The molecule has 1 fully saturated rings. The number of carbonyl (C=O) groups is 2. The number of nitrogens with zero attached hydrogens (tertiary/aromatic N) is 2. The second kappa shape index (κ2) is 4.20. The van der Waals surface area contributed by atoms with Crippen LogP contribution < -0.4 is 5.32 Å². The van der Waals surface area contributed by atoms with Gasteiger partial charge in [-0.3, -0.25) is 9.59 Å². The number of aromatic nitrogens is 2. The van der Waals surface area contributed by atoms with Gasteiger partial charge in [0.05, 0.1) is 11.8 Å². The lowest BCUT2D eigenvalue weighted by atomic mass is 10.1. The number of carbonyl (C=O) groups excluding carboxylic acids is 1. The van der Waals surface area contributed by atoms with Crippen LogP contribution in [0.25, 0.3) is 0 Å². The summed E-state index contributed by atoms with van der Waals surface area (Å²) in [7, 11) is 0. The Hall–Kier alpha value is -1.69. The van der Waals surface area contributed by atoms with Crippen LogP contribution in [-0.4, -0.2) is 27.2 Å². The first-order valence-corrected chi connectivity index (χ1v) is 5.74. The zero-order valence-corrected chi connectivity index (χ0v) is 10.6. The van der Waals surface area contributed by atoms with E-state index in [9.17, 15) is 9.59 Å². The van der Waals surface area contributed by atoms with E-state index in [1.54, 1.807) is 13.8 Å². The fourth-order valence-corrected chi connectivity index (χ4v) is 2.28. The molecule has 1 amide bonds. The van der Waals surface area contributed by atoms with Crippen molar-refractivity contribution in [3.63, 3.8) is 0 Å². The molecular formula is C11H12ClN3O3. The third kappa shape index (κ3) is 2.15. The van der Waals surface area contributed by atoms with Gasteiger partial charge in [0.2, 0.25) is 5.91 Å². The Morgan fingerprint density at radius 2 is 2.00 bits per heavy atom. The van der Waals surface area contributed by atoms with E-state index in [1.165, 1.54) is 12.1 Å². The van der Waals surface area contributed by atoms with Crippen molar-refractivity contribution in [1.82, 2.24) is 10.2 Å². The number of nitrogens with one attached hydrogen (secondary N) is 1. The molecule has 2 atom stereocenters. The molecule has 6 nitrogen and oxygen atoms in total. The highest BCUT2D eigenvalue weighted by Crippen LogP contribution is 2.58. The zero-order valence-electron chi connectivity index (χ0n) is 9.85. The van der Waals surface area contributed by atoms with E-state index in [4.69, 9.17) is 16.7 Å². The molecule has 0 saturated heterocycles. The number of aliphatic carboxylic acids is 1. The Morgan fingerprint density at radius 1 is 1.33 bits per heavy atom. The van der Waals surface area contributed by atoms with Crippen molar-refractivity contribution >= 4 is 29.3 Å². The summed E-state index contributed by atoms with van der Waals surface area (Å²) >= 11 is 5.57. The number of halogens is 1. The van der Waals surface area contributed by atoms with Crippen LogP contribution in [0.4, 0.5) is 5.82 Å². The van der Waals surface area contributed by atoms with Crippen LogP contribution in [-0.2, 0) is 9.59 Å². The van der Waals surface area contributed by atoms with Gasteiger partial charge in [0, 0.05) is 0 Å². The first-order chi connectivity index (χ1) is 8.34. The molecule has 0 unspecified atom stereocenters. The van der Waals surface area contributed by atoms with Crippen molar-refractivity contribution in [2.24, 2.45) is 17.3 Å². The summed E-state index contributed by atoms with van der Waals surface area (Å²) in [6.07, 6.45) is 0. The molecule has 1 aliphatic carbocycles. The molecule has 1 aromatic rings. The van der Waals surface area contributed by atoms with Gasteiger partial charge in [-0.2, -0.15) is 0 Å². The number of hydrogen-bond acceptors (Lipinski definition) is 4. The van der Waals surface area contributed by atoms with E-state index in [0.717, 1.165) is 0 Å². The highest BCUT2D eigenvalue weighted by atomic mass is 35.5. The Labute approximate surface area is 108 Å². The normalized spacial score (nSPS) is 24.4. The van der Waals surface area contributed by atoms with Crippen LogP contribution in [0.15, 0.2) is 12.1 Å². The van der Waals surface area contributed by atoms with Gasteiger partial charge in [-0.15, -0.1) is 10.2 Å². The molecule has 1 aromatic heterocycles. The minimum atomic E-state index is -0.956. The predicted molar refractivity (Wildman–Crippen MR) is 64.1 cm³/mol. The van der Waals surface area contributed by atoms with Gasteiger partial charge in [-0.1, -0.05) is 25.4 Å². The highest BCUT2D eigenvalue weighted by Gasteiger charge is 2.65. The summed E-state index contributed by atoms with van der Waals surface area (Å²) in [6, 6.07) is 3.01. The average molecular weight is 270 g/mol. The van der Waals surface area contributed by atoms with Crippen molar-refractivity contribution in [2.75, 3.05) is 5.32 Å². The molecule has 7 heteroatoms. The minimum absolute atomic E-state index is 0.225. The summed E-state index contributed by atoms with van der Waals surface area (Å²) < 4.78 is 0. The van der Waals surface area contributed by atoms with E-state index in [1.807, 2.05) is 0 Å². The number of anilines is 1. The van der Waals surface area contributed by atoms with Crippen molar-refractivity contribution in [3.05, 3.63) is 17.3 Å². The molecule has 0 spiro atoms. The Balaban J connectivity index is 2.06. The quantitative estimate of drug-likeness (QED) is 0.866. The average Bonchev–Trinajstić information content (AvgIpc) is 2.85. The maximum Gasteiger partial charge on any atom is 0.307 e. The van der Waals surface area contributed by atoms with E-state index in [0.29, 0.717) is 0 Å². The van der Waals surface area contributed by atoms with Gasteiger partial charge in [-0.25, -0.2) is 0 Å². The van der Waals surface area contributed by atoms with E-state index >= 15 is 0 Å². The molecule has 2 rings (SSSR count). The number of hydrogen-bond donors (Lipinski definition) is 2. The van der Waals surface area contributed by atoms with Crippen LogP contribution >= 0.6 is 11.6 Å². The first kappa shape index (κ1) is 12.8. The molecule has 18 heavy (non-hydrogen) atoms. The Kier molecular flexibility index (Phi) is 2.98. The predicted octanol–water partition coefficient (Wildman–Crippen LogP) is 1.43. The lowest BCUT2D eigenvalue weighted by Gasteiger charge is -2.04. The molecular weight excluding hydrogens is 258 g/mol. The first-order valence-electron chi connectivity index (χ1n) is 5.37. The minimum Gasteiger partial charge on any atom is -0.481 e. The molecule has 0 bridgehead atoms. The largest absolute Gasteiger partial charge is 0.481 e. The summed E-state index contributed by atoms with van der Waals surface area (Å²) in [5.41, 5.74) is -0.532. The molecule has 1 aliphatic rings. The van der Waals surface area contributed by atoms with Crippen molar-refractivity contribution in [3.8, 4) is 0 Å². The van der Waals surface area contributed by atoms with Gasteiger partial charge < -0.3 is 10.4 Å². The van der Waals surface area contributed by atoms with E-state index < -0.39 is 23.2 Å². The van der Waals surface area contributed by atoms with Crippen LogP contribution in [0, 0.1) is 17.3 Å². The molecule has 1 heterocycles. The van der Waals surface area contributed by atoms with Gasteiger partial charge in [-0.05, 0) is 17.5 Å².